The van der Waals surface area contributed by atoms with E-state index in [1.807, 2.05) is 32.0 Å². The van der Waals surface area contributed by atoms with E-state index in [9.17, 15) is 9.59 Å². The molecule has 156 valence electrons. The molecular weight excluding hydrogens is 360 g/mol. The van der Waals surface area contributed by atoms with Gasteiger partial charge in [0, 0.05) is 19.5 Å². The highest BCUT2D eigenvalue weighted by Gasteiger charge is 2.25. The molecule has 0 aliphatic carbocycles. The Labute approximate surface area is 175 Å². The van der Waals surface area contributed by atoms with Gasteiger partial charge in [-0.1, -0.05) is 73.0 Å². The maximum absolute atomic E-state index is 13.1. The molecule has 29 heavy (non-hydrogen) atoms. The van der Waals surface area contributed by atoms with Crippen LogP contribution in [0.5, 0.6) is 0 Å². The van der Waals surface area contributed by atoms with Crippen LogP contribution in [0, 0.1) is 13.8 Å². The van der Waals surface area contributed by atoms with Crippen molar-refractivity contribution in [1.82, 2.24) is 10.2 Å². The largest absolute Gasteiger partial charge is 0.354 e. The molecule has 1 atom stereocenters. The van der Waals surface area contributed by atoms with E-state index in [4.69, 9.17) is 0 Å². The molecule has 0 spiro atoms. The third-order valence-electron chi connectivity index (χ3n) is 5.18. The second-order valence-electron chi connectivity index (χ2n) is 7.82. The van der Waals surface area contributed by atoms with Crippen LogP contribution in [0.4, 0.5) is 0 Å². The number of carbonyl (C=O) groups is 2. The zero-order valence-electron chi connectivity index (χ0n) is 18.2. The molecule has 0 aliphatic heterocycles. The van der Waals surface area contributed by atoms with Crippen LogP contribution >= 0.6 is 0 Å². The van der Waals surface area contributed by atoms with Crippen LogP contribution in [0.15, 0.2) is 48.5 Å². The molecular formula is C25H34N2O2. The first-order valence-electron chi connectivity index (χ1n) is 10.6. The molecule has 0 radical (unpaired) electrons. The first-order valence-corrected chi connectivity index (χ1v) is 10.6. The van der Waals surface area contributed by atoms with Gasteiger partial charge in [-0.05, 0) is 44.7 Å². The molecule has 0 aliphatic rings. The number of carbonyl (C=O) groups excluding carboxylic acids is 2. The van der Waals surface area contributed by atoms with Crippen molar-refractivity contribution < 1.29 is 9.59 Å². The average Bonchev–Trinajstić information content (AvgIpc) is 2.71. The fourth-order valence-corrected chi connectivity index (χ4v) is 3.28. The fourth-order valence-electron chi connectivity index (χ4n) is 3.28. The van der Waals surface area contributed by atoms with Crippen molar-refractivity contribution in [3.05, 3.63) is 70.8 Å². The molecule has 1 N–H and O–H groups in total. The summed E-state index contributed by atoms with van der Waals surface area (Å²) in [7, 11) is 0. The van der Waals surface area contributed by atoms with Crippen LogP contribution in [-0.4, -0.2) is 29.3 Å². The Hall–Kier alpha value is -2.62. The molecule has 0 saturated carbocycles. The van der Waals surface area contributed by atoms with Gasteiger partial charge in [-0.2, -0.15) is 0 Å². The summed E-state index contributed by atoms with van der Waals surface area (Å²) < 4.78 is 0. The van der Waals surface area contributed by atoms with E-state index in [0.717, 1.165) is 29.5 Å². The smallest absolute Gasteiger partial charge is 0.242 e. The summed E-state index contributed by atoms with van der Waals surface area (Å²) in [5.74, 6) is -0.0833. The van der Waals surface area contributed by atoms with Crippen molar-refractivity contribution in [2.45, 2.75) is 66.0 Å². The topological polar surface area (TPSA) is 49.4 Å². The predicted octanol–water partition coefficient (Wildman–Crippen LogP) is 4.57. The van der Waals surface area contributed by atoms with E-state index in [0.29, 0.717) is 25.9 Å². The van der Waals surface area contributed by atoms with Gasteiger partial charge < -0.3 is 10.2 Å². The molecule has 1 unspecified atom stereocenters. The highest BCUT2D eigenvalue weighted by atomic mass is 16.2. The van der Waals surface area contributed by atoms with Crippen LogP contribution in [-0.2, 0) is 22.6 Å². The average molecular weight is 395 g/mol. The van der Waals surface area contributed by atoms with Gasteiger partial charge in [0.15, 0.2) is 0 Å². The fraction of sp³-hybridized carbons (Fsp3) is 0.440. The van der Waals surface area contributed by atoms with E-state index in [1.165, 1.54) is 5.56 Å². The Kier molecular flexibility index (Phi) is 8.91. The lowest BCUT2D eigenvalue weighted by atomic mass is 10.1. The quantitative estimate of drug-likeness (QED) is 0.600. The van der Waals surface area contributed by atoms with E-state index in [2.05, 4.69) is 49.5 Å². The lowest BCUT2D eigenvalue weighted by molar-refractivity contribution is -0.140. The number of amides is 2. The van der Waals surface area contributed by atoms with Crippen LogP contribution < -0.4 is 5.32 Å². The van der Waals surface area contributed by atoms with Crippen molar-refractivity contribution >= 4 is 11.8 Å². The number of benzene rings is 2. The van der Waals surface area contributed by atoms with Crippen LogP contribution in [0.1, 0.15) is 55.4 Å². The molecule has 4 nitrogen and oxygen atoms in total. The second kappa shape index (κ2) is 11.4. The zero-order chi connectivity index (χ0) is 21.2. The summed E-state index contributed by atoms with van der Waals surface area (Å²) in [6, 6.07) is 15.9. The minimum atomic E-state index is -0.502. The first kappa shape index (κ1) is 22.7. The lowest BCUT2D eigenvalue weighted by Gasteiger charge is -2.29. The Morgan fingerprint density at radius 3 is 2.38 bits per heavy atom. The maximum Gasteiger partial charge on any atom is 0.242 e. The summed E-state index contributed by atoms with van der Waals surface area (Å²) >= 11 is 0. The van der Waals surface area contributed by atoms with E-state index in [1.54, 1.807) is 4.90 Å². The van der Waals surface area contributed by atoms with Crippen molar-refractivity contribution in [2.24, 2.45) is 0 Å². The molecule has 2 amide bonds. The van der Waals surface area contributed by atoms with E-state index in [-0.39, 0.29) is 11.8 Å². The Bertz CT molecular complexity index is 799. The Balaban J connectivity index is 2.10. The van der Waals surface area contributed by atoms with Crippen molar-refractivity contribution in [3.63, 3.8) is 0 Å². The minimum Gasteiger partial charge on any atom is -0.354 e. The number of aryl methyl sites for hydroxylation is 3. The Morgan fingerprint density at radius 2 is 1.72 bits per heavy atom. The molecule has 2 aromatic carbocycles. The second-order valence-corrected chi connectivity index (χ2v) is 7.82. The number of unbranched alkanes of at least 4 members (excludes halogenated alkanes) is 1. The third-order valence-corrected chi connectivity index (χ3v) is 5.18. The monoisotopic (exact) mass is 394 g/mol. The van der Waals surface area contributed by atoms with Crippen molar-refractivity contribution in [1.29, 1.82) is 0 Å². The van der Waals surface area contributed by atoms with Gasteiger partial charge in [0.25, 0.3) is 0 Å². The van der Waals surface area contributed by atoms with Gasteiger partial charge in [-0.15, -0.1) is 0 Å². The van der Waals surface area contributed by atoms with E-state index >= 15 is 0 Å². The molecule has 4 heteroatoms. The highest BCUT2D eigenvalue weighted by Crippen LogP contribution is 2.14. The highest BCUT2D eigenvalue weighted by molar-refractivity contribution is 5.87. The molecule has 0 aromatic heterocycles. The van der Waals surface area contributed by atoms with Gasteiger partial charge >= 0.3 is 0 Å². The molecule has 2 aromatic rings. The van der Waals surface area contributed by atoms with Gasteiger partial charge in [0.05, 0.1) is 0 Å². The zero-order valence-corrected chi connectivity index (χ0v) is 18.2. The van der Waals surface area contributed by atoms with Crippen molar-refractivity contribution in [3.8, 4) is 0 Å². The number of hydrogen-bond donors (Lipinski definition) is 1. The normalized spacial score (nSPS) is 11.7. The van der Waals surface area contributed by atoms with E-state index < -0.39 is 6.04 Å². The maximum atomic E-state index is 13.1. The van der Waals surface area contributed by atoms with Gasteiger partial charge in [-0.25, -0.2) is 0 Å². The number of hydrogen-bond acceptors (Lipinski definition) is 2. The van der Waals surface area contributed by atoms with Crippen molar-refractivity contribution in [2.75, 3.05) is 6.54 Å². The molecule has 0 saturated heterocycles. The summed E-state index contributed by atoms with van der Waals surface area (Å²) in [6.45, 7) is 9.09. The summed E-state index contributed by atoms with van der Waals surface area (Å²) in [4.78, 5) is 27.4. The third kappa shape index (κ3) is 7.37. The van der Waals surface area contributed by atoms with Crippen LogP contribution in [0.2, 0.25) is 0 Å². The lowest BCUT2D eigenvalue weighted by Crippen LogP contribution is -2.47. The minimum absolute atomic E-state index is 0.00484. The van der Waals surface area contributed by atoms with Crippen LogP contribution in [0.3, 0.4) is 0 Å². The number of rotatable bonds is 10. The van der Waals surface area contributed by atoms with Gasteiger partial charge in [-0.3, -0.25) is 9.59 Å². The van der Waals surface area contributed by atoms with Gasteiger partial charge in [0.2, 0.25) is 11.8 Å². The SMILES string of the molecule is CCCCNC(=O)C(C)N(Cc1cccc(C)c1)C(=O)CCc1ccc(C)cc1. The summed E-state index contributed by atoms with van der Waals surface area (Å²) in [5.41, 5.74) is 4.54. The number of nitrogens with one attached hydrogen (secondary N) is 1. The number of nitrogens with zero attached hydrogens (tertiary/aromatic N) is 1. The molecule has 0 heterocycles. The standard InChI is InChI=1S/C25H34N2O2/c1-5-6-16-26-25(29)21(4)27(18-23-9-7-8-20(3)17-23)24(28)15-14-22-12-10-19(2)11-13-22/h7-13,17,21H,5-6,14-16,18H2,1-4H3,(H,26,29). The summed E-state index contributed by atoms with van der Waals surface area (Å²) in [6.07, 6.45) is 3.03. The first-order chi connectivity index (χ1) is 13.9. The summed E-state index contributed by atoms with van der Waals surface area (Å²) in [5, 5.41) is 2.96. The molecule has 0 fully saturated rings. The van der Waals surface area contributed by atoms with Gasteiger partial charge in [0.1, 0.15) is 6.04 Å². The predicted molar refractivity (Wildman–Crippen MR) is 119 cm³/mol. The molecule has 2 rings (SSSR count). The molecule has 0 bridgehead atoms. The Morgan fingerprint density at radius 1 is 1.00 bits per heavy atom. The van der Waals surface area contributed by atoms with Crippen LogP contribution in [0.25, 0.3) is 0 Å².